The molecule has 0 aliphatic rings. The van der Waals surface area contributed by atoms with Gasteiger partial charge in [0.1, 0.15) is 0 Å². The van der Waals surface area contributed by atoms with E-state index < -0.39 is 0 Å². The van der Waals surface area contributed by atoms with E-state index in [1.165, 1.54) is 3.57 Å². The highest BCUT2D eigenvalue weighted by molar-refractivity contribution is 14.1. The Labute approximate surface area is 103 Å². The van der Waals surface area contributed by atoms with Gasteiger partial charge in [0.15, 0.2) is 0 Å². The first-order valence-electron chi connectivity index (χ1n) is 4.97. The van der Waals surface area contributed by atoms with Crippen molar-refractivity contribution in [2.24, 2.45) is 0 Å². The van der Waals surface area contributed by atoms with Crippen LogP contribution in [0.3, 0.4) is 0 Å². The number of nitrogens with two attached hydrogens (primary N) is 1. The van der Waals surface area contributed by atoms with E-state index in [4.69, 9.17) is 5.73 Å². The first-order chi connectivity index (χ1) is 7.13. The number of rotatable bonds is 1. The molecule has 2 nitrogen and oxygen atoms in total. The Hall–Kier alpha value is -0.840. The van der Waals surface area contributed by atoms with Gasteiger partial charge in [-0.2, -0.15) is 0 Å². The predicted molar refractivity (Wildman–Crippen MR) is 73.0 cm³/mol. The molecule has 1 aromatic carbocycles. The molecule has 0 aliphatic carbocycles. The molecule has 1 heterocycles. The Balaban J connectivity index is 2.84. The Morgan fingerprint density at radius 3 is 2.80 bits per heavy atom. The van der Waals surface area contributed by atoms with Crippen LogP contribution in [0.5, 0.6) is 0 Å². The van der Waals surface area contributed by atoms with Crippen molar-refractivity contribution in [3.05, 3.63) is 33.0 Å². The van der Waals surface area contributed by atoms with E-state index in [1.54, 1.807) is 0 Å². The minimum absolute atomic E-state index is 0.871. The molecular weight excluding hydrogens is 299 g/mol. The number of pyridine rings is 1. The number of nitrogen functional groups attached to an aromatic ring is 1. The number of hydrogen-bond acceptors (Lipinski definition) is 2. The first-order valence-corrected chi connectivity index (χ1v) is 6.05. The van der Waals surface area contributed by atoms with E-state index in [0.717, 1.165) is 34.3 Å². The molecule has 2 rings (SSSR count). The molecule has 2 aromatic rings. The average Bonchev–Trinajstić information content (AvgIpc) is 2.24. The number of aromatic nitrogens is 1. The molecule has 0 radical (unpaired) electrons. The van der Waals surface area contributed by atoms with Crippen molar-refractivity contribution in [1.82, 2.24) is 4.98 Å². The molecule has 0 aliphatic heterocycles. The average molecular weight is 312 g/mol. The van der Waals surface area contributed by atoms with Crippen LogP contribution in [0, 0.1) is 10.5 Å². The summed E-state index contributed by atoms with van der Waals surface area (Å²) in [7, 11) is 0. The second-order valence-corrected chi connectivity index (χ2v) is 4.86. The van der Waals surface area contributed by atoms with Gasteiger partial charge in [0.05, 0.1) is 5.52 Å². The van der Waals surface area contributed by atoms with E-state index in [9.17, 15) is 0 Å². The molecule has 0 amide bonds. The smallest absolute Gasteiger partial charge is 0.0726 e. The summed E-state index contributed by atoms with van der Waals surface area (Å²) >= 11 is 2.29. The zero-order valence-corrected chi connectivity index (χ0v) is 11.0. The summed E-state index contributed by atoms with van der Waals surface area (Å²) in [5, 5.41) is 1.07. The summed E-state index contributed by atoms with van der Waals surface area (Å²) in [6.07, 6.45) is 0.929. The van der Waals surface area contributed by atoms with Gasteiger partial charge in [0.25, 0.3) is 0 Å². The third kappa shape index (κ3) is 1.80. The van der Waals surface area contributed by atoms with Crippen LogP contribution in [0.1, 0.15) is 18.2 Å². The number of anilines is 1. The summed E-state index contributed by atoms with van der Waals surface area (Å²) in [5.74, 6) is 0. The Morgan fingerprint density at radius 2 is 2.13 bits per heavy atom. The Morgan fingerprint density at radius 1 is 1.40 bits per heavy atom. The lowest BCUT2D eigenvalue weighted by Gasteiger charge is -2.10. The van der Waals surface area contributed by atoms with Gasteiger partial charge in [-0.15, -0.1) is 0 Å². The van der Waals surface area contributed by atoms with Gasteiger partial charge in [-0.1, -0.05) is 6.92 Å². The summed E-state index contributed by atoms with van der Waals surface area (Å²) in [5.41, 5.74) is 10.2. The van der Waals surface area contributed by atoms with Crippen LogP contribution in [-0.4, -0.2) is 4.98 Å². The fourth-order valence-electron chi connectivity index (χ4n) is 1.75. The Kier molecular flexibility index (Phi) is 2.82. The van der Waals surface area contributed by atoms with Gasteiger partial charge in [0, 0.05) is 20.3 Å². The third-order valence-corrected chi connectivity index (χ3v) is 3.35. The molecular formula is C12H13IN2. The first kappa shape index (κ1) is 10.7. The summed E-state index contributed by atoms with van der Waals surface area (Å²) in [4.78, 5) is 4.61. The van der Waals surface area contributed by atoms with Crippen LogP contribution in [0.15, 0.2) is 18.2 Å². The van der Waals surface area contributed by atoms with E-state index in [0.29, 0.717) is 0 Å². The SMILES string of the molecule is CCc1nc2ccc(I)cc2c(N)c1C. The van der Waals surface area contributed by atoms with E-state index >= 15 is 0 Å². The molecule has 15 heavy (non-hydrogen) atoms. The van der Waals surface area contributed by atoms with Gasteiger partial charge >= 0.3 is 0 Å². The maximum atomic E-state index is 6.12. The molecule has 2 N–H and O–H groups in total. The van der Waals surface area contributed by atoms with Crippen molar-refractivity contribution >= 4 is 39.2 Å². The van der Waals surface area contributed by atoms with Crippen LogP contribution in [0.25, 0.3) is 10.9 Å². The zero-order chi connectivity index (χ0) is 11.0. The van der Waals surface area contributed by atoms with Crippen LogP contribution < -0.4 is 5.73 Å². The number of halogens is 1. The van der Waals surface area contributed by atoms with Crippen molar-refractivity contribution in [2.45, 2.75) is 20.3 Å². The molecule has 0 saturated carbocycles. The highest BCUT2D eigenvalue weighted by Crippen LogP contribution is 2.26. The highest BCUT2D eigenvalue weighted by atomic mass is 127. The van der Waals surface area contributed by atoms with Crippen LogP contribution in [0.4, 0.5) is 5.69 Å². The maximum absolute atomic E-state index is 6.12. The lowest BCUT2D eigenvalue weighted by molar-refractivity contribution is 1.03. The zero-order valence-electron chi connectivity index (χ0n) is 8.84. The van der Waals surface area contributed by atoms with Crippen molar-refractivity contribution in [2.75, 3.05) is 5.73 Å². The highest BCUT2D eigenvalue weighted by Gasteiger charge is 2.07. The number of hydrogen-bond donors (Lipinski definition) is 1. The largest absolute Gasteiger partial charge is 0.398 e. The van der Waals surface area contributed by atoms with Crippen molar-refractivity contribution in [3.63, 3.8) is 0 Å². The minimum atomic E-state index is 0.871. The molecule has 0 saturated heterocycles. The van der Waals surface area contributed by atoms with Gasteiger partial charge in [0.2, 0.25) is 0 Å². The van der Waals surface area contributed by atoms with Gasteiger partial charge < -0.3 is 5.73 Å². The lowest BCUT2D eigenvalue weighted by atomic mass is 10.1. The molecule has 78 valence electrons. The minimum Gasteiger partial charge on any atom is -0.398 e. The van der Waals surface area contributed by atoms with Crippen LogP contribution >= 0.6 is 22.6 Å². The molecule has 0 unspecified atom stereocenters. The summed E-state index contributed by atoms with van der Waals surface area (Å²) < 4.78 is 1.19. The topological polar surface area (TPSA) is 38.9 Å². The molecule has 0 bridgehead atoms. The monoisotopic (exact) mass is 312 g/mol. The molecule has 3 heteroatoms. The van der Waals surface area contributed by atoms with Crippen LogP contribution in [0.2, 0.25) is 0 Å². The van der Waals surface area contributed by atoms with Crippen molar-refractivity contribution in [1.29, 1.82) is 0 Å². The quantitative estimate of drug-likeness (QED) is 0.821. The molecule has 1 aromatic heterocycles. The normalized spacial score (nSPS) is 10.9. The number of fused-ring (bicyclic) bond motifs is 1. The molecule has 0 fully saturated rings. The predicted octanol–water partition coefficient (Wildman–Crippen LogP) is 3.29. The molecule has 0 atom stereocenters. The van der Waals surface area contributed by atoms with Crippen molar-refractivity contribution in [3.8, 4) is 0 Å². The fraction of sp³-hybridized carbons (Fsp3) is 0.250. The summed E-state index contributed by atoms with van der Waals surface area (Å²) in [6.45, 7) is 4.15. The van der Waals surface area contributed by atoms with E-state index in [2.05, 4.69) is 46.6 Å². The van der Waals surface area contributed by atoms with Crippen molar-refractivity contribution < 1.29 is 0 Å². The lowest BCUT2D eigenvalue weighted by Crippen LogP contribution is -2.00. The second-order valence-electron chi connectivity index (χ2n) is 3.61. The number of benzene rings is 1. The standard InChI is InChI=1S/C12H13IN2/c1-3-10-7(2)12(14)9-6-8(13)4-5-11(9)15-10/h4-6H,3H2,1-2H3,(H2,14,15). The fourth-order valence-corrected chi connectivity index (χ4v) is 2.24. The maximum Gasteiger partial charge on any atom is 0.0726 e. The van der Waals surface area contributed by atoms with Gasteiger partial charge in [-0.25, -0.2) is 0 Å². The third-order valence-electron chi connectivity index (χ3n) is 2.68. The second kappa shape index (κ2) is 3.96. The number of nitrogens with zero attached hydrogens (tertiary/aromatic N) is 1. The van der Waals surface area contributed by atoms with Gasteiger partial charge in [-0.3, -0.25) is 4.98 Å². The summed E-state index contributed by atoms with van der Waals surface area (Å²) in [6, 6.07) is 6.18. The van der Waals surface area contributed by atoms with E-state index in [1.807, 2.05) is 13.0 Å². The Bertz CT molecular complexity index is 521. The van der Waals surface area contributed by atoms with E-state index in [-0.39, 0.29) is 0 Å². The molecule has 0 spiro atoms. The van der Waals surface area contributed by atoms with Crippen LogP contribution in [-0.2, 0) is 6.42 Å². The number of aryl methyl sites for hydroxylation is 1. The van der Waals surface area contributed by atoms with Gasteiger partial charge in [-0.05, 0) is 59.7 Å².